The molecule has 5 heteroatoms. The maximum atomic E-state index is 11.8. The molecule has 0 saturated carbocycles. The molecule has 0 aliphatic carbocycles. The van der Waals surface area contributed by atoms with Crippen LogP contribution in [0.2, 0.25) is 0 Å². The fourth-order valence-corrected chi connectivity index (χ4v) is 4.31. The topological polar surface area (TPSA) is 37.4 Å². The zero-order chi connectivity index (χ0) is 13.2. The summed E-state index contributed by atoms with van der Waals surface area (Å²) < 4.78 is 24.9. The number of hydrogen-bond acceptors (Lipinski definition) is 3. The average Bonchev–Trinajstić information content (AvgIpc) is 2.39. The number of nitrogens with zero attached hydrogens (tertiary/aromatic N) is 1. The second-order valence-electron chi connectivity index (χ2n) is 4.62. The lowest BCUT2D eigenvalue weighted by Gasteiger charge is -2.33. The van der Waals surface area contributed by atoms with E-state index in [9.17, 15) is 8.42 Å². The highest BCUT2D eigenvalue weighted by atomic mass is 127. The van der Waals surface area contributed by atoms with Gasteiger partial charge in [0.25, 0.3) is 0 Å². The van der Waals surface area contributed by atoms with Gasteiger partial charge in [-0.05, 0) is 53.6 Å². The van der Waals surface area contributed by atoms with E-state index in [-0.39, 0.29) is 11.0 Å². The van der Waals surface area contributed by atoms with Crippen LogP contribution in [0.5, 0.6) is 0 Å². The Balaban J connectivity index is 2.03. The lowest BCUT2D eigenvalue weighted by atomic mass is 10.1. The van der Waals surface area contributed by atoms with Gasteiger partial charge in [0.1, 0.15) is 0 Å². The normalized spacial score (nSPS) is 18.0. The van der Waals surface area contributed by atoms with E-state index in [1.54, 1.807) is 6.92 Å². The van der Waals surface area contributed by atoms with Gasteiger partial charge in [0.15, 0.2) is 9.84 Å². The van der Waals surface area contributed by atoms with Crippen LogP contribution in [-0.2, 0) is 9.84 Å². The zero-order valence-corrected chi connectivity index (χ0v) is 13.4. The van der Waals surface area contributed by atoms with E-state index in [0.717, 1.165) is 25.9 Å². The molecule has 1 aliphatic rings. The van der Waals surface area contributed by atoms with Crippen molar-refractivity contribution in [2.45, 2.75) is 25.0 Å². The molecule has 0 radical (unpaired) electrons. The Morgan fingerprint density at radius 2 is 2.00 bits per heavy atom. The van der Waals surface area contributed by atoms with E-state index >= 15 is 0 Å². The molecule has 1 aliphatic heterocycles. The fourth-order valence-electron chi connectivity index (χ4n) is 2.38. The lowest BCUT2D eigenvalue weighted by molar-refractivity contribution is 0.531. The van der Waals surface area contributed by atoms with Crippen molar-refractivity contribution in [2.24, 2.45) is 0 Å². The summed E-state index contributed by atoms with van der Waals surface area (Å²) in [6.07, 6.45) is 1.50. The average molecular weight is 379 g/mol. The SMILES string of the molecule is CCS(=O)(=O)C1CCN(c2cccc(I)c2)CC1. The molecule has 1 heterocycles. The van der Waals surface area contributed by atoms with Gasteiger partial charge in [0.2, 0.25) is 0 Å². The lowest BCUT2D eigenvalue weighted by Crippen LogP contribution is -2.39. The highest BCUT2D eigenvalue weighted by molar-refractivity contribution is 14.1. The Labute approximate surface area is 123 Å². The predicted molar refractivity (Wildman–Crippen MR) is 83.9 cm³/mol. The Kier molecular flexibility index (Phi) is 4.53. The van der Waals surface area contributed by atoms with Gasteiger partial charge in [-0.2, -0.15) is 0 Å². The molecule has 1 aromatic carbocycles. The first-order chi connectivity index (χ1) is 8.53. The molecule has 0 amide bonds. The van der Waals surface area contributed by atoms with Gasteiger partial charge in [0, 0.05) is 28.1 Å². The van der Waals surface area contributed by atoms with Gasteiger partial charge < -0.3 is 4.90 Å². The third-order valence-corrected chi connectivity index (χ3v) is 6.49. The van der Waals surface area contributed by atoms with Crippen molar-refractivity contribution in [2.75, 3.05) is 23.7 Å². The second kappa shape index (κ2) is 5.77. The highest BCUT2D eigenvalue weighted by Crippen LogP contribution is 2.24. The molecule has 1 saturated heterocycles. The van der Waals surface area contributed by atoms with Crippen LogP contribution in [0, 0.1) is 3.57 Å². The molecule has 1 aromatic rings. The zero-order valence-electron chi connectivity index (χ0n) is 10.5. The Morgan fingerprint density at radius 3 is 2.56 bits per heavy atom. The summed E-state index contributed by atoms with van der Waals surface area (Å²) in [6, 6.07) is 8.36. The molecule has 0 spiro atoms. The van der Waals surface area contributed by atoms with Crippen molar-refractivity contribution >= 4 is 38.1 Å². The summed E-state index contributed by atoms with van der Waals surface area (Å²) >= 11 is 2.30. The van der Waals surface area contributed by atoms with E-state index in [0.29, 0.717) is 0 Å². The maximum absolute atomic E-state index is 11.8. The first-order valence-corrected chi connectivity index (χ1v) is 9.04. The van der Waals surface area contributed by atoms with E-state index < -0.39 is 9.84 Å². The summed E-state index contributed by atoms with van der Waals surface area (Å²) in [4.78, 5) is 2.28. The third kappa shape index (κ3) is 3.17. The van der Waals surface area contributed by atoms with Crippen LogP contribution in [0.1, 0.15) is 19.8 Å². The van der Waals surface area contributed by atoms with Crippen molar-refractivity contribution in [1.29, 1.82) is 0 Å². The van der Waals surface area contributed by atoms with Crippen LogP contribution < -0.4 is 4.90 Å². The van der Waals surface area contributed by atoms with E-state index in [4.69, 9.17) is 0 Å². The summed E-state index contributed by atoms with van der Waals surface area (Å²) in [5.41, 5.74) is 1.20. The molecule has 0 atom stereocenters. The van der Waals surface area contributed by atoms with Gasteiger partial charge in [-0.25, -0.2) is 8.42 Å². The molecule has 1 fully saturated rings. The Morgan fingerprint density at radius 1 is 1.33 bits per heavy atom. The summed E-state index contributed by atoms with van der Waals surface area (Å²) in [7, 11) is -2.86. The van der Waals surface area contributed by atoms with E-state index in [2.05, 4.69) is 45.7 Å². The number of anilines is 1. The largest absolute Gasteiger partial charge is 0.371 e. The molecule has 0 bridgehead atoms. The number of sulfone groups is 1. The molecule has 100 valence electrons. The smallest absolute Gasteiger partial charge is 0.153 e. The van der Waals surface area contributed by atoms with Gasteiger partial charge >= 0.3 is 0 Å². The van der Waals surface area contributed by atoms with E-state index in [1.807, 2.05) is 6.07 Å². The molecule has 2 rings (SSSR count). The van der Waals surface area contributed by atoms with Crippen molar-refractivity contribution in [1.82, 2.24) is 0 Å². The molecular formula is C13H18INO2S. The minimum Gasteiger partial charge on any atom is -0.371 e. The number of hydrogen-bond donors (Lipinski definition) is 0. The quantitative estimate of drug-likeness (QED) is 0.758. The molecule has 0 unspecified atom stereocenters. The minimum absolute atomic E-state index is 0.137. The fraction of sp³-hybridized carbons (Fsp3) is 0.538. The number of rotatable bonds is 3. The molecule has 0 N–H and O–H groups in total. The molecular weight excluding hydrogens is 361 g/mol. The standard InChI is InChI=1S/C13H18INO2S/c1-2-18(16,17)13-6-8-15(9-7-13)12-5-3-4-11(14)10-12/h3-5,10,13H,2,6-9H2,1H3. The number of halogens is 1. The predicted octanol–water partition coefficient (Wildman–Crippen LogP) is 2.69. The van der Waals surface area contributed by atoms with Gasteiger partial charge in [0.05, 0.1) is 5.25 Å². The van der Waals surface area contributed by atoms with Crippen LogP contribution in [0.15, 0.2) is 24.3 Å². The Hall–Kier alpha value is -0.300. The van der Waals surface area contributed by atoms with Crippen LogP contribution >= 0.6 is 22.6 Å². The Bertz CT molecular complexity index is 507. The van der Waals surface area contributed by atoms with Crippen LogP contribution in [0.25, 0.3) is 0 Å². The van der Waals surface area contributed by atoms with Crippen molar-refractivity contribution in [3.8, 4) is 0 Å². The van der Waals surface area contributed by atoms with E-state index in [1.165, 1.54) is 9.26 Å². The maximum Gasteiger partial charge on any atom is 0.153 e. The molecule has 0 aromatic heterocycles. The first kappa shape index (κ1) is 14.1. The summed E-state index contributed by atoms with van der Waals surface area (Å²) in [5.74, 6) is 0.265. The highest BCUT2D eigenvalue weighted by Gasteiger charge is 2.28. The minimum atomic E-state index is -2.86. The summed E-state index contributed by atoms with van der Waals surface area (Å²) in [6.45, 7) is 3.41. The van der Waals surface area contributed by atoms with Crippen LogP contribution in [0.4, 0.5) is 5.69 Å². The molecule has 3 nitrogen and oxygen atoms in total. The van der Waals surface area contributed by atoms with Crippen molar-refractivity contribution < 1.29 is 8.42 Å². The monoisotopic (exact) mass is 379 g/mol. The van der Waals surface area contributed by atoms with Crippen molar-refractivity contribution in [3.05, 3.63) is 27.8 Å². The van der Waals surface area contributed by atoms with Gasteiger partial charge in [-0.15, -0.1) is 0 Å². The third-order valence-electron chi connectivity index (χ3n) is 3.53. The summed E-state index contributed by atoms with van der Waals surface area (Å²) in [5, 5.41) is -0.137. The van der Waals surface area contributed by atoms with Crippen molar-refractivity contribution in [3.63, 3.8) is 0 Å². The first-order valence-electron chi connectivity index (χ1n) is 6.25. The van der Waals surface area contributed by atoms with Gasteiger partial charge in [-0.1, -0.05) is 13.0 Å². The van der Waals surface area contributed by atoms with Crippen LogP contribution in [0.3, 0.4) is 0 Å². The van der Waals surface area contributed by atoms with Crippen LogP contribution in [-0.4, -0.2) is 32.5 Å². The number of piperidine rings is 1. The second-order valence-corrected chi connectivity index (χ2v) is 8.43. The van der Waals surface area contributed by atoms with Gasteiger partial charge in [-0.3, -0.25) is 0 Å². The molecule has 18 heavy (non-hydrogen) atoms. The number of benzene rings is 1.